The third-order valence-electron chi connectivity index (χ3n) is 5.91. The Labute approximate surface area is 214 Å². The van der Waals surface area contributed by atoms with Gasteiger partial charge in [0.25, 0.3) is 18.2 Å². The zero-order valence-electron chi connectivity index (χ0n) is 19.9. The van der Waals surface area contributed by atoms with Crippen molar-refractivity contribution < 1.29 is 23.4 Å². The number of ether oxygens (including phenoxy) is 1. The zero-order chi connectivity index (χ0) is 26.2. The maximum absolute atomic E-state index is 12.6. The van der Waals surface area contributed by atoms with Gasteiger partial charge in [-0.25, -0.2) is 23.7 Å². The summed E-state index contributed by atoms with van der Waals surface area (Å²) in [7, 11) is 3.32. The summed E-state index contributed by atoms with van der Waals surface area (Å²) in [6, 6.07) is 8.90. The van der Waals surface area contributed by atoms with Gasteiger partial charge in [0.05, 0.1) is 11.9 Å². The van der Waals surface area contributed by atoms with Crippen LogP contribution in [0.4, 0.5) is 20.4 Å². The van der Waals surface area contributed by atoms with Gasteiger partial charge in [-0.05, 0) is 17.7 Å². The molecule has 0 bridgehead atoms. The lowest BCUT2D eigenvalue weighted by molar-refractivity contribution is -0.143. The first kappa shape index (κ1) is 24.7. The molecule has 1 atom stereocenters. The van der Waals surface area contributed by atoms with Gasteiger partial charge in [0.2, 0.25) is 5.95 Å². The third-order valence-corrected chi connectivity index (χ3v) is 6.80. The lowest BCUT2D eigenvalue weighted by Crippen LogP contribution is -2.36. The van der Waals surface area contributed by atoms with E-state index in [4.69, 9.17) is 9.72 Å². The van der Waals surface area contributed by atoms with E-state index in [0.29, 0.717) is 40.6 Å². The van der Waals surface area contributed by atoms with Crippen LogP contribution in [0.2, 0.25) is 0 Å². The van der Waals surface area contributed by atoms with Crippen LogP contribution in [0.25, 0.3) is 22.0 Å². The Kier molecular flexibility index (Phi) is 6.56. The fourth-order valence-corrected chi connectivity index (χ4v) is 4.85. The lowest BCUT2D eigenvalue weighted by Gasteiger charge is -2.21. The number of benzene rings is 1. The molecular weight excluding hydrogens is 504 g/mol. The van der Waals surface area contributed by atoms with Gasteiger partial charge in [-0.2, -0.15) is 0 Å². The average Bonchev–Trinajstić information content (AvgIpc) is 3.58. The number of rotatable bonds is 8. The van der Waals surface area contributed by atoms with Crippen LogP contribution in [-0.4, -0.2) is 67.3 Å². The molecule has 13 heteroatoms. The smallest absolute Gasteiger partial charge is 0.272 e. The monoisotopic (exact) mass is 527 g/mol. The summed E-state index contributed by atoms with van der Waals surface area (Å²) in [6.45, 7) is -0.290. The van der Waals surface area contributed by atoms with Crippen molar-refractivity contribution in [2.45, 2.75) is 18.4 Å². The van der Waals surface area contributed by atoms with Crippen molar-refractivity contribution in [3.8, 4) is 27.8 Å². The summed E-state index contributed by atoms with van der Waals surface area (Å²) in [5, 5.41) is 20.5. The van der Waals surface area contributed by atoms with Crippen molar-refractivity contribution in [3.63, 3.8) is 0 Å². The van der Waals surface area contributed by atoms with E-state index in [0.717, 1.165) is 5.56 Å². The van der Waals surface area contributed by atoms with Gasteiger partial charge in [-0.1, -0.05) is 18.2 Å². The average molecular weight is 528 g/mol. The maximum atomic E-state index is 12.6. The Morgan fingerprint density at radius 2 is 2.08 bits per heavy atom. The molecule has 5 rings (SSSR count). The fourth-order valence-electron chi connectivity index (χ4n) is 4.04. The number of alkyl halides is 2. The lowest BCUT2D eigenvalue weighted by atomic mass is 9.91. The number of aryl methyl sites for hydroxylation is 1. The highest BCUT2D eigenvalue weighted by Crippen LogP contribution is 2.36. The van der Waals surface area contributed by atoms with Crippen LogP contribution < -0.4 is 10.1 Å². The van der Waals surface area contributed by atoms with Gasteiger partial charge in [0.15, 0.2) is 12.2 Å². The van der Waals surface area contributed by atoms with E-state index in [1.807, 2.05) is 11.4 Å². The van der Waals surface area contributed by atoms with E-state index in [9.17, 15) is 18.7 Å². The number of carbonyl (C=O) groups is 1. The molecule has 0 radical (unpaired) electrons. The van der Waals surface area contributed by atoms with E-state index in [1.165, 1.54) is 20.9 Å². The van der Waals surface area contributed by atoms with E-state index >= 15 is 0 Å². The SMILES string of the molecule is CN1CC[C@@](O)(c2cccc(-c3nc(-c4ccnc(Nc5cn(C)nc5OCC(F)F)n4)cs3)c2)C1=O. The summed E-state index contributed by atoms with van der Waals surface area (Å²) in [6.07, 6.45) is 0.832. The summed E-state index contributed by atoms with van der Waals surface area (Å²) >= 11 is 1.40. The first-order valence-electron chi connectivity index (χ1n) is 11.3. The van der Waals surface area contributed by atoms with Crippen LogP contribution in [0.1, 0.15) is 12.0 Å². The summed E-state index contributed by atoms with van der Waals surface area (Å²) in [5.74, 6) is -0.0851. The first-order chi connectivity index (χ1) is 17.7. The standard InChI is InChI=1S/C24H23F2N7O3S/c1-32-9-7-24(35,22(32)34)15-5-3-4-14(10-15)21-28-18(13-37-21)16-6-8-27-23(29-16)30-17-11-33(2)31-20(17)36-12-19(25)26/h3-6,8,10-11,13,19,35H,7,9,12H2,1-2H3,(H,27,29,30)/t24-/m1/s1. The Morgan fingerprint density at radius 3 is 2.84 bits per heavy atom. The third kappa shape index (κ3) is 5.00. The van der Waals surface area contributed by atoms with E-state index in [1.54, 1.807) is 50.8 Å². The van der Waals surface area contributed by atoms with Gasteiger partial charge < -0.3 is 20.1 Å². The highest BCUT2D eigenvalue weighted by atomic mass is 32.1. The fraction of sp³-hybridized carbons (Fsp3) is 0.292. The predicted molar refractivity (Wildman–Crippen MR) is 133 cm³/mol. The minimum atomic E-state index is -2.63. The highest BCUT2D eigenvalue weighted by Gasteiger charge is 2.45. The molecule has 0 aliphatic carbocycles. The molecule has 37 heavy (non-hydrogen) atoms. The van der Waals surface area contributed by atoms with Crippen LogP contribution in [0.5, 0.6) is 5.88 Å². The van der Waals surface area contributed by atoms with Gasteiger partial charge in [0.1, 0.15) is 16.4 Å². The molecule has 1 aliphatic heterocycles. The molecule has 1 fully saturated rings. The van der Waals surface area contributed by atoms with Gasteiger partial charge in [0, 0.05) is 44.2 Å². The summed E-state index contributed by atoms with van der Waals surface area (Å²) < 4.78 is 31.6. The zero-order valence-corrected chi connectivity index (χ0v) is 20.7. The van der Waals surface area contributed by atoms with Crippen LogP contribution >= 0.6 is 11.3 Å². The van der Waals surface area contributed by atoms with E-state index in [-0.39, 0.29) is 17.7 Å². The number of nitrogens with zero attached hydrogens (tertiary/aromatic N) is 6. The van der Waals surface area contributed by atoms with Gasteiger partial charge in [-0.3, -0.25) is 9.48 Å². The van der Waals surface area contributed by atoms with Gasteiger partial charge in [-0.15, -0.1) is 16.4 Å². The number of likely N-dealkylation sites (tertiary alicyclic amines) is 1. The molecular formula is C24H23F2N7O3S. The summed E-state index contributed by atoms with van der Waals surface area (Å²) in [4.78, 5) is 27.4. The van der Waals surface area contributed by atoms with E-state index in [2.05, 4.69) is 20.4 Å². The topological polar surface area (TPSA) is 118 Å². The summed E-state index contributed by atoms with van der Waals surface area (Å²) in [5.41, 5.74) is 1.26. The second-order valence-electron chi connectivity index (χ2n) is 8.57. The largest absolute Gasteiger partial charge is 0.469 e. The van der Waals surface area contributed by atoms with Crippen molar-refractivity contribution in [3.05, 3.63) is 53.7 Å². The normalized spacial score (nSPS) is 17.6. The molecule has 4 aromatic rings. The molecule has 2 N–H and O–H groups in total. The van der Waals surface area contributed by atoms with Crippen molar-refractivity contribution in [2.75, 3.05) is 25.5 Å². The number of likely N-dealkylation sites (N-methyl/N-ethyl adjacent to an activating group) is 1. The van der Waals surface area contributed by atoms with Gasteiger partial charge >= 0.3 is 0 Å². The molecule has 0 unspecified atom stereocenters. The molecule has 1 amide bonds. The molecule has 1 aromatic carbocycles. The highest BCUT2D eigenvalue weighted by molar-refractivity contribution is 7.13. The molecule has 1 saturated heterocycles. The molecule has 0 spiro atoms. The quantitative estimate of drug-likeness (QED) is 0.358. The number of aromatic nitrogens is 5. The number of aliphatic hydroxyl groups is 1. The number of nitrogens with one attached hydrogen (secondary N) is 1. The molecule has 1 aliphatic rings. The minimum absolute atomic E-state index is 0.0150. The number of amides is 1. The van der Waals surface area contributed by atoms with Crippen molar-refractivity contribution in [1.29, 1.82) is 0 Å². The Bertz CT molecular complexity index is 1440. The number of anilines is 2. The molecule has 3 aromatic heterocycles. The molecule has 192 valence electrons. The molecule has 10 nitrogen and oxygen atoms in total. The Balaban J connectivity index is 1.37. The van der Waals surface area contributed by atoms with Crippen molar-refractivity contribution in [1.82, 2.24) is 29.6 Å². The van der Waals surface area contributed by atoms with Crippen LogP contribution in [0.15, 0.2) is 48.1 Å². The first-order valence-corrected chi connectivity index (χ1v) is 12.2. The van der Waals surface area contributed by atoms with Crippen LogP contribution in [-0.2, 0) is 17.4 Å². The Morgan fingerprint density at radius 1 is 1.24 bits per heavy atom. The van der Waals surface area contributed by atoms with E-state index < -0.39 is 18.6 Å². The number of thiazole rings is 1. The second-order valence-corrected chi connectivity index (χ2v) is 9.43. The van der Waals surface area contributed by atoms with Crippen LogP contribution in [0, 0.1) is 0 Å². The number of carbonyl (C=O) groups excluding carboxylic acids is 1. The van der Waals surface area contributed by atoms with Crippen LogP contribution in [0.3, 0.4) is 0 Å². The minimum Gasteiger partial charge on any atom is -0.469 e. The Hall–Kier alpha value is -3.97. The number of hydrogen-bond acceptors (Lipinski definition) is 9. The predicted octanol–water partition coefficient (Wildman–Crippen LogP) is 3.44. The van der Waals surface area contributed by atoms with Crippen molar-refractivity contribution in [2.24, 2.45) is 7.05 Å². The number of halogens is 2. The maximum Gasteiger partial charge on any atom is 0.272 e. The number of hydrogen-bond donors (Lipinski definition) is 2. The molecule has 4 heterocycles. The second kappa shape index (κ2) is 9.82. The van der Waals surface area contributed by atoms with Crippen molar-refractivity contribution >= 4 is 28.9 Å². The molecule has 0 saturated carbocycles.